The van der Waals surface area contributed by atoms with E-state index in [0.29, 0.717) is 18.4 Å². The summed E-state index contributed by atoms with van der Waals surface area (Å²) >= 11 is 0. The number of rotatable bonds is 2. The molecular weight excluding hydrogens is 275 g/mol. The molecule has 3 N–H and O–H groups in total. The minimum Gasteiger partial charge on any atom is -0.358 e. The third-order valence-electron chi connectivity index (χ3n) is 4.96. The Kier molecular flexibility index (Phi) is 3.05. The van der Waals surface area contributed by atoms with Gasteiger partial charge in [-0.3, -0.25) is 0 Å². The second kappa shape index (κ2) is 4.96. The molecule has 1 heterocycles. The fraction of sp³-hybridized carbons (Fsp3) is 0.263. The predicted molar refractivity (Wildman–Crippen MR) is 87.7 cm³/mol. The van der Waals surface area contributed by atoms with Crippen LogP contribution in [0.4, 0.5) is 4.39 Å². The normalized spacial score (nSPS) is 20.5. The van der Waals surface area contributed by atoms with Crippen LogP contribution in [-0.4, -0.2) is 11.5 Å². The Bertz CT molecular complexity index is 850. The van der Waals surface area contributed by atoms with Gasteiger partial charge in [0.2, 0.25) is 0 Å². The lowest BCUT2D eigenvalue weighted by Gasteiger charge is -2.13. The van der Waals surface area contributed by atoms with E-state index in [2.05, 4.69) is 36.2 Å². The molecule has 1 aliphatic rings. The highest BCUT2D eigenvalue weighted by molar-refractivity contribution is 5.86. The first-order chi connectivity index (χ1) is 10.7. The molecule has 0 radical (unpaired) electrons. The molecule has 0 amide bonds. The molecule has 1 aromatic heterocycles. The van der Waals surface area contributed by atoms with Gasteiger partial charge in [0.15, 0.2) is 0 Å². The summed E-state index contributed by atoms with van der Waals surface area (Å²) in [6.45, 7) is 2.73. The van der Waals surface area contributed by atoms with Crippen molar-refractivity contribution in [3.8, 4) is 0 Å². The number of aromatic amines is 1. The second-order valence-electron chi connectivity index (χ2n) is 6.20. The van der Waals surface area contributed by atoms with Crippen LogP contribution in [0, 0.1) is 12.7 Å². The first kappa shape index (κ1) is 13.5. The SMILES string of the molecule is Cc1[nH]c2ccc(F)cc2c1[C@@H]1C[C@H](CN)c2ccccc21. The number of hydrogen-bond donors (Lipinski definition) is 2. The summed E-state index contributed by atoms with van der Waals surface area (Å²) < 4.78 is 13.7. The number of nitrogens with two attached hydrogens (primary N) is 1. The van der Waals surface area contributed by atoms with Crippen LogP contribution in [0.5, 0.6) is 0 Å². The molecule has 0 fully saturated rings. The van der Waals surface area contributed by atoms with Crippen molar-refractivity contribution in [3.05, 3.63) is 70.7 Å². The van der Waals surface area contributed by atoms with Crippen molar-refractivity contribution in [1.82, 2.24) is 4.98 Å². The van der Waals surface area contributed by atoms with E-state index in [1.807, 2.05) is 6.07 Å². The van der Waals surface area contributed by atoms with Crippen LogP contribution in [0.25, 0.3) is 10.9 Å². The molecule has 112 valence electrons. The van der Waals surface area contributed by atoms with E-state index >= 15 is 0 Å². The zero-order valence-electron chi connectivity index (χ0n) is 12.6. The topological polar surface area (TPSA) is 41.8 Å². The van der Waals surface area contributed by atoms with Gasteiger partial charge in [-0.15, -0.1) is 0 Å². The number of aromatic nitrogens is 1. The summed E-state index contributed by atoms with van der Waals surface area (Å²) in [5, 5.41) is 0.995. The number of halogens is 1. The van der Waals surface area contributed by atoms with Crippen LogP contribution in [-0.2, 0) is 0 Å². The molecule has 1 aliphatic carbocycles. The monoisotopic (exact) mass is 294 g/mol. The number of benzene rings is 2. The molecule has 2 aromatic carbocycles. The van der Waals surface area contributed by atoms with E-state index in [1.165, 1.54) is 22.8 Å². The second-order valence-corrected chi connectivity index (χ2v) is 6.20. The number of H-pyrrole nitrogens is 1. The lowest BCUT2D eigenvalue weighted by Crippen LogP contribution is -2.09. The Morgan fingerprint density at radius 2 is 1.95 bits per heavy atom. The van der Waals surface area contributed by atoms with E-state index in [-0.39, 0.29) is 5.82 Å². The van der Waals surface area contributed by atoms with Crippen LogP contribution in [0.3, 0.4) is 0 Å². The summed E-state index contributed by atoms with van der Waals surface area (Å²) in [6.07, 6.45) is 1.00. The maximum atomic E-state index is 13.7. The van der Waals surface area contributed by atoms with E-state index < -0.39 is 0 Å². The number of aryl methyl sites for hydroxylation is 1. The molecule has 0 aliphatic heterocycles. The molecule has 4 rings (SSSR count). The van der Waals surface area contributed by atoms with Gasteiger partial charge >= 0.3 is 0 Å². The van der Waals surface area contributed by atoms with Crippen LogP contribution in [0.2, 0.25) is 0 Å². The van der Waals surface area contributed by atoms with Crippen LogP contribution < -0.4 is 5.73 Å². The molecule has 3 heteroatoms. The Balaban J connectivity index is 1.93. The first-order valence-corrected chi connectivity index (χ1v) is 7.75. The quantitative estimate of drug-likeness (QED) is 0.731. The molecule has 2 nitrogen and oxygen atoms in total. The molecular formula is C19H19FN2. The predicted octanol–water partition coefficient (Wildman–Crippen LogP) is 4.19. The molecule has 22 heavy (non-hydrogen) atoms. The van der Waals surface area contributed by atoms with Gasteiger partial charge in [-0.2, -0.15) is 0 Å². The molecule has 0 saturated carbocycles. The third-order valence-corrected chi connectivity index (χ3v) is 4.96. The minimum absolute atomic E-state index is 0.186. The molecule has 2 atom stereocenters. The summed E-state index contributed by atoms with van der Waals surface area (Å²) in [5.74, 6) is 0.494. The van der Waals surface area contributed by atoms with Crippen LogP contribution in [0.15, 0.2) is 42.5 Å². The summed E-state index contributed by atoms with van der Waals surface area (Å²) in [6, 6.07) is 13.5. The first-order valence-electron chi connectivity index (χ1n) is 7.75. The number of fused-ring (bicyclic) bond motifs is 2. The van der Waals surface area contributed by atoms with Gasteiger partial charge in [0.05, 0.1) is 0 Å². The van der Waals surface area contributed by atoms with Gasteiger partial charge in [0, 0.05) is 22.5 Å². The summed E-state index contributed by atoms with van der Waals surface area (Å²) in [4.78, 5) is 3.40. The van der Waals surface area contributed by atoms with Gasteiger partial charge < -0.3 is 10.7 Å². The largest absolute Gasteiger partial charge is 0.358 e. The fourth-order valence-electron chi connectivity index (χ4n) is 4.00. The van der Waals surface area contributed by atoms with Gasteiger partial charge in [-0.1, -0.05) is 24.3 Å². The smallest absolute Gasteiger partial charge is 0.123 e. The van der Waals surface area contributed by atoms with Crippen LogP contribution >= 0.6 is 0 Å². The Hall–Kier alpha value is -2.13. The van der Waals surface area contributed by atoms with Gasteiger partial charge in [-0.25, -0.2) is 4.39 Å². The van der Waals surface area contributed by atoms with E-state index in [4.69, 9.17) is 5.73 Å². The van der Waals surface area contributed by atoms with Crippen molar-refractivity contribution < 1.29 is 4.39 Å². The van der Waals surface area contributed by atoms with Crippen molar-refractivity contribution >= 4 is 10.9 Å². The van der Waals surface area contributed by atoms with Gasteiger partial charge in [0.1, 0.15) is 5.82 Å². The minimum atomic E-state index is -0.186. The van der Waals surface area contributed by atoms with Gasteiger partial charge in [-0.05, 0) is 60.7 Å². The molecule has 0 saturated heterocycles. The average molecular weight is 294 g/mol. The van der Waals surface area contributed by atoms with E-state index in [0.717, 1.165) is 23.0 Å². The molecule has 3 aromatic rings. The molecule has 0 spiro atoms. The van der Waals surface area contributed by atoms with Crippen molar-refractivity contribution in [3.63, 3.8) is 0 Å². The lowest BCUT2D eigenvalue weighted by molar-refractivity contribution is 0.628. The Labute approximate surface area is 129 Å². The highest BCUT2D eigenvalue weighted by atomic mass is 19.1. The summed E-state index contributed by atoms with van der Waals surface area (Å²) in [5.41, 5.74) is 12.0. The van der Waals surface area contributed by atoms with E-state index in [9.17, 15) is 4.39 Å². The molecule has 0 bridgehead atoms. The standard InChI is InChI=1S/C19H19FN2/c1-11-19(17-9-13(20)6-7-18(17)22-11)16-8-12(10-21)14-4-2-3-5-15(14)16/h2-7,9,12,16,22H,8,10,21H2,1H3/t12-,16-/m1/s1. The highest BCUT2D eigenvalue weighted by Crippen LogP contribution is 2.47. The third kappa shape index (κ3) is 1.89. The average Bonchev–Trinajstić information content (AvgIpc) is 3.04. The summed E-state index contributed by atoms with van der Waals surface area (Å²) in [7, 11) is 0. The van der Waals surface area contributed by atoms with Crippen molar-refractivity contribution in [2.45, 2.75) is 25.2 Å². The highest BCUT2D eigenvalue weighted by Gasteiger charge is 2.33. The van der Waals surface area contributed by atoms with Crippen molar-refractivity contribution in [1.29, 1.82) is 0 Å². The maximum absolute atomic E-state index is 13.7. The lowest BCUT2D eigenvalue weighted by atomic mass is 9.90. The Morgan fingerprint density at radius 3 is 2.73 bits per heavy atom. The van der Waals surface area contributed by atoms with Crippen molar-refractivity contribution in [2.75, 3.05) is 6.54 Å². The van der Waals surface area contributed by atoms with E-state index in [1.54, 1.807) is 6.07 Å². The maximum Gasteiger partial charge on any atom is 0.123 e. The zero-order valence-corrected chi connectivity index (χ0v) is 12.6. The Morgan fingerprint density at radius 1 is 1.18 bits per heavy atom. The van der Waals surface area contributed by atoms with Crippen molar-refractivity contribution in [2.24, 2.45) is 5.73 Å². The fourth-order valence-corrected chi connectivity index (χ4v) is 4.00. The zero-order chi connectivity index (χ0) is 15.3. The number of hydrogen-bond acceptors (Lipinski definition) is 1. The molecule has 0 unspecified atom stereocenters. The van der Waals surface area contributed by atoms with Crippen LogP contribution in [0.1, 0.15) is 40.6 Å². The van der Waals surface area contributed by atoms with Gasteiger partial charge in [0.25, 0.3) is 0 Å². The number of nitrogens with one attached hydrogen (secondary N) is 1.